The Balaban J connectivity index is 1.69. The van der Waals surface area contributed by atoms with Crippen molar-refractivity contribution in [3.63, 3.8) is 0 Å². The number of ketones is 1. The van der Waals surface area contributed by atoms with Crippen molar-refractivity contribution in [1.82, 2.24) is 15.1 Å². The van der Waals surface area contributed by atoms with Crippen molar-refractivity contribution in [2.75, 3.05) is 24.9 Å². The molecule has 9 nitrogen and oxygen atoms in total. The predicted molar refractivity (Wildman–Crippen MR) is 125 cm³/mol. The Morgan fingerprint density at radius 3 is 2.71 bits per heavy atom. The largest absolute Gasteiger partial charge is 0.494 e. The minimum Gasteiger partial charge on any atom is -0.494 e. The third-order valence-corrected chi connectivity index (χ3v) is 5.21. The molecule has 1 aromatic heterocycles. The summed E-state index contributed by atoms with van der Waals surface area (Å²) < 4.78 is 45.1. The zero-order valence-corrected chi connectivity index (χ0v) is 19.2. The van der Waals surface area contributed by atoms with Gasteiger partial charge in [-0.25, -0.2) is 4.68 Å². The number of nitrogens with one attached hydrogen (secondary N) is 3. The van der Waals surface area contributed by atoms with Crippen LogP contribution in [-0.4, -0.2) is 54.1 Å². The van der Waals surface area contributed by atoms with E-state index < -0.39 is 12.7 Å². The SMILES string of the molecule is CNC(=O)c1ccc(N/N=C/C#Cc2cc(NC3CCC(=O)CC3)n(CC(F)(F)F)n2)c(OC)c1. The van der Waals surface area contributed by atoms with Crippen molar-refractivity contribution >= 4 is 29.4 Å². The van der Waals surface area contributed by atoms with E-state index in [4.69, 9.17) is 4.74 Å². The summed E-state index contributed by atoms with van der Waals surface area (Å²) in [5.41, 5.74) is 3.78. The van der Waals surface area contributed by atoms with Crippen LogP contribution in [0.5, 0.6) is 5.75 Å². The lowest BCUT2D eigenvalue weighted by Crippen LogP contribution is -2.28. The first-order valence-corrected chi connectivity index (χ1v) is 10.8. The second kappa shape index (κ2) is 11.4. The number of carbonyl (C=O) groups is 2. The molecule has 1 amide bonds. The van der Waals surface area contributed by atoms with E-state index >= 15 is 0 Å². The molecule has 1 aliphatic carbocycles. The number of rotatable bonds is 7. The van der Waals surface area contributed by atoms with Crippen molar-refractivity contribution in [3.8, 4) is 17.6 Å². The van der Waals surface area contributed by atoms with Crippen molar-refractivity contribution in [2.24, 2.45) is 5.10 Å². The van der Waals surface area contributed by atoms with Gasteiger partial charge in [-0.05, 0) is 42.9 Å². The molecule has 1 aromatic carbocycles. The van der Waals surface area contributed by atoms with Gasteiger partial charge < -0.3 is 15.4 Å². The molecular formula is C23H25F3N6O3. The number of aromatic nitrogens is 2. The number of amides is 1. The topological polar surface area (TPSA) is 110 Å². The van der Waals surface area contributed by atoms with E-state index in [0.717, 1.165) is 4.68 Å². The number of ether oxygens (including phenoxy) is 1. The minimum absolute atomic E-state index is 0.104. The smallest absolute Gasteiger partial charge is 0.408 e. The van der Waals surface area contributed by atoms with E-state index in [0.29, 0.717) is 42.7 Å². The van der Waals surface area contributed by atoms with Gasteiger partial charge >= 0.3 is 6.18 Å². The second-order valence-electron chi connectivity index (χ2n) is 7.78. The lowest BCUT2D eigenvalue weighted by molar-refractivity contribution is -0.142. The highest BCUT2D eigenvalue weighted by Gasteiger charge is 2.30. The molecule has 3 rings (SSSR count). The summed E-state index contributed by atoms with van der Waals surface area (Å²) in [5.74, 6) is 5.77. The summed E-state index contributed by atoms with van der Waals surface area (Å²) in [4.78, 5) is 23.2. The van der Waals surface area contributed by atoms with Crippen LogP contribution in [0.3, 0.4) is 0 Å². The van der Waals surface area contributed by atoms with Gasteiger partial charge in [-0.1, -0.05) is 0 Å². The first-order chi connectivity index (χ1) is 16.7. The third kappa shape index (κ3) is 7.49. The van der Waals surface area contributed by atoms with Crippen LogP contribution >= 0.6 is 0 Å². The second-order valence-corrected chi connectivity index (χ2v) is 7.78. The van der Waals surface area contributed by atoms with E-state index in [2.05, 4.69) is 38.1 Å². The van der Waals surface area contributed by atoms with Crippen molar-refractivity contribution in [1.29, 1.82) is 0 Å². The van der Waals surface area contributed by atoms with E-state index in [1.165, 1.54) is 26.4 Å². The Labute approximate surface area is 200 Å². The standard InChI is InChI=1S/C23H25F3N6O3/c1-27-22(34)15-5-10-19(20(12-15)35-2)30-28-11-3-4-17-13-21(32(31-17)14-23(24,25)26)29-16-6-8-18(33)9-7-16/h5,10-13,16,29-30H,6-9,14H2,1-2H3,(H,27,34)/b28-11+. The maximum atomic E-state index is 13.0. The van der Waals surface area contributed by atoms with Gasteiger partial charge in [0.1, 0.15) is 29.6 Å². The predicted octanol–water partition coefficient (Wildman–Crippen LogP) is 3.19. The fourth-order valence-electron chi connectivity index (χ4n) is 3.49. The number of nitrogens with zero attached hydrogens (tertiary/aromatic N) is 3. The molecule has 1 saturated carbocycles. The molecule has 2 aromatic rings. The maximum Gasteiger partial charge on any atom is 0.408 e. The van der Waals surface area contributed by atoms with E-state index in [-0.39, 0.29) is 29.2 Å². The quantitative estimate of drug-likeness (QED) is 0.313. The Kier molecular flexibility index (Phi) is 8.35. The minimum atomic E-state index is -4.45. The number of benzene rings is 1. The lowest BCUT2D eigenvalue weighted by Gasteiger charge is -2.23. The van der Waals surface area contributed by atoms with E-state index in [9.17, 15) is 22.8 Å². The van der Waals surface area contributed by atoms with Crippen LogP contribution in [0.2, 0.25) is 0 Å². The number of anilines is 2. The molecular weight excluding hydrogens is 465 g/mol. The Morgan fingerprint density at radius 1 is 1.31 bits per heavy atom. The average molecular weight is 490 g/mol. The first-order valence-electron chi connectivity index (χ1n) is 10.8. The zero-order valence-electron chi connectivity index (χ0n) is 19.2. The monoisotopic (exact) mass is 490 g/mol. The summed E-state index contributed by atoms with van der Waals surface area (Å²) in [6, 6.07) is 6.09. The molecule has 1 aliphatic rings. The zero-order chi connectivity index (χ0) is 25.4. The highest BCUT2D eigenvalue weighted by Crippen LogP contribution is 2.26. The highest BCUT2D eigenvalue weighted by molar-refractivity contribution is 5.95. The summed E-state index contributed by atoms with van der Waals surface area (Å²) >= 11 is 0. The van der Waals surface area contributed by atoms with Gasteiger partial charge in [-0.15, -0.1) is 0 Å². The van der Waals surface area contributed by atoms with Crippen LogP contribution in [0.15, 0.2) is 29.4 Å². The Hall–Kier alpha value is -4.01. The van der Waals surface area contributed by atoms with E-state index in [1.807, 2.05) is 0 Å². The fraction of sp³-hybridized carbons (Fsp3) is 0.391. The van der Waals surface area contributed by atoms with Gasteiger partial charge in [0, 0.05) is 37.6 Å². The molecule has 0 saturated heterocycles. The van der Waals surface area contributed by atoms with Crippen LogP contribution < -0.4 is 20.8 Å². The molecule has 1 fully saturated rings. The molecule has 0 bridgehead atoms. The van der Waals surface area contributed by atoms with E-state index in [1.54, 1.807) is 18.2 Å². The normalized spacial score (nSPS) is 14.4. The summed E-state index contributed by atoms with van der Waals surface area (Å²) in [5, 5.41) is 13.5. The molecule has 1 heterocycles. The molecule has 186 valence electrons. The number of carbonyl (C=O) groups excluding carboxylic acids is 2. The van der Waals surface area contributed by atoms with Crippen molar-refractivity contribution in [2.45, 2.75) is 44.4 Å². The number of hydrogen-bond acceptors (Lipinski definition) is 7. The highest BCUT2D eigenvalue weighted by atomic mass is 19.4. The van der Waals surface area contributed by atoms with Crippen molar-refractivity contribution < 1.29 is 27.5 Å². The molecule has 0 spiro atoms. The fourth-order valence-corrected chi connectivity index (χ4v) is 3.49. The van der Waals surface area contributed by atoms with Crippen LogP contribution in [0.4, 0.5) is 24.7 Å². The number of Topliss-reactive ketones (excluding diaryl/α,β-unsaturated/α-hetero) is 1. The molecule has 3 N–H and O–H groups in total. The molecule has 12 heteroatoms. The molecule has 35 heavy (non-hydrogen) atoms. The number of methoxy groups -OCH3 is 1. The lowest BCUT2D eigenvalue weighted by atomic mass is 9.94. The number of hydrogen-bond donors (Lipinski definition) is 3. The molecule has 0 unspecified atom stereocenters. The summed E-state index contributed by atoms with van der Waals surface area (Å²) in [6.45, 7) is -1.26. The Morgan fingerprint density at radius 2 is 2.06 bits per heavy atom. The molecule has 0 radical (unpaired) electrons. The number of halogens is 3. The van der Waals surface area contributed by atoms with Crippen molar-refractivity contribution in [3.05, 3.63) is 35.5 Å². The van der Waals surface area contributed by atoms with Crippen LogP contribution in [0, 0.1) is 11.8 Å². The molecule has 0 atom stereocenters. The van der Waals surface area contributed by atoms with Gasteiger partial charge in [0.15, 0.2) is 0 Å². The summed E-state index contributed by atoms with van der Waals surface area (Å²) in [6.07, 6.45) is -1.30. The number of hydrazone groups is 1. The van der Waals surface area contributed by atoms with Gasteiger partial charge in [-0.2, -0.15) is 23.4 Å². The van der Waals surface area contributed by atoms with Crippen LogP contribution in [-0.2, 0) is 11.3 Å². The average Bonchev–Trinajstić information content (AvgIpc) is 3.18. The summed E-state index contributed by atoms with van der Waals surface area (Å²) in [7, 11) is 2.97. The van der Waals surface area contributed by atoms with Crippen LogP contribution in [0.25, 0.3) is 0 Å². The van der Waals surface area contributed by atoms with Crippen LogP contribution in [0.1, 0.15) is 41.7 Å². The Bertz CT molecular complexity index is 1150. The van der Waals surface area contributed by atoms with Gasteiger partial charge in [-0.3, -0.25) is 15.0 Å². The van der Waals surface area contributed by atoms with Gasteiger partial charge in [0.2, 0.25) is 0 Å². The number of alkyl halides is 3. The first kappa shape index (κ1) is 25.6. The third-order valence-electron chi connectivity index (χ3n) is 5.21. The van der Waals surface area contributed by atoms with Gasteiger partial charge in [0.05, 0.1) is 19.0 Å². The van der Waals surface area contributed by atoms with Gasteiger partial charge in [0.25, 0.3) is 5.91 Å². The maximum absolute atomic E-state index is 13.0. The molecule has 0 aliphatic heterocycles.